The maximum Gasteiger partial charge on any atom is 0.265 e. The van der Waals surface area contributed by atoms with Crippen LogP contribution in [0.4, 0.5) is 5.69 Å². The van der Waals surface area contributed by atoms with Crippen molar-refractivity contribution in [3.8, 4) is 11.5 Å². The number of benzene rings is 2. The molecule has 0 radical (unpaired) electrons. The third kappa shape index (κ3) is 5.01. The quantitative estimate of drug-likeness (QED) is 0.714. The molecular weight excluding hydrogens is 416 g/mol. The molecule has 3 rings (SSSR count). The monoisotopic (exact) mass is 438 g/mol. The van der Waals surface area contributed by atoms with Crippen LogP contribution in [-0.2, 0) is 14.8 Å². The van der Waals surface area contributed by atoms with Gasteiger partial charge in [-0.3, -0.25) is 4.79 Å². The van der Waals surface area contributed by atoms with Gasteiger partial charge >= 0.3 is 0 Å². The van der Waals surface area contributed by atoms with Gasteiger partial charge in [-0.25, -0.2) is 8.42 Å². The maximum atomic E-state index is 12.8. The predicted octanol–water partition coefficient (Wildman–Crippen LogP) is 3.54. The normalized spacial score (nSPS) is 15.7. The van der Waals surface area contributed by atoms with E-state index in [0.29, 0.717) is 29.6 Å². The minimum Gasteiger partial charge on any atom is -0.495 e. The van der Waals surface area contributed by atoms with Crippen LogP contribution in [0.1, 0.15) is 19.8 Å². The Kier molecular flexibility index (Phi) is 6.66. The lowest BCUT2D eigenvalue weighted by Gasteiger charge is -2.19. The van der Waals surface area contributed by atoms with Crippen molar-refractivity contribution in [3.05, 3.63) is 47.5 Å². The summed E-state index contributed by atoms with van der Waals surface area (Å²) in [5.74, 6) is 0.417. The number of rotatable bonds is 7. The summed E-state index contributed by atoms with van der Waals surface area (Å²) in [4.78, 5) is 12.7. The number of carbonyl (C=O) groups is 1. The number of carbonyl (C=O) groups excluding carboxylic acids is 1. The Bertz CT molecular complexity index is 973. The molecule has 29 heavy (non-hydrogen) atoms. The lowest BCUT2D eigenvalue weighted by atomic mass is 10.2. The highest BCUT2D eigenvalue weighted by Gasteiger charge is 2.28. The number of halogens is 1. The number of nitrogens with one attached hydrogen (secondary N) is 1. The highest BCUT2D eigenvalue weighted by Crippen LogP contribution is 2.30. The van der Waals surface area contributed by atoms with E-state index in [9.17, 15) is 13.2 Å². The van der Waals surface area contributed by atoms with Crippen molar-refractivity contribution in [2.45, 2.75) is 30.8 Å². The zero-order chi connectivity index (χ0) is 21.0. The first-order chi connectivity index (χ1) is 13.8. The fourth-order valence-corrected chi connectivity index (χ4v) is 4.70. The van der Waals surface area contributed by atoms with Crippen molar-refractivity contribution < 1.29 is 22.7 Å². The summed E-state index contributed by atoms with van der Waals surface area (Å²) in [5.41, 5.74) is 0.268. The number of ether oxygens (including phenoxy) is 2. The topological polar surface area (TPSA) is 84.9 Å². The van der Waals surface area contributed by atoms with Crippen LogP contribution in [0.3, 0.4) is 0 Å². The minimum atomic E-state index is -3.61. The molecular formula is C20H23ClN2O5S. The van der Waals surface area contributed by atoms with Crippen LogP contribution in [-0.4, -0.2) is 44.9 Å². The Hall–Kier alpha value is -2.29. The number of hydrogen-bond acceptors (Lipinski definition) is 5. The summed E-state index contributed by atoms with van der Waals surface area (Å²) in [6.45, 7) is 2.60. The van der Waals surface area contributed by atoms with Gasteiger partial charge in [0.25, 0.3) is 5.91 Å². The van der Waals surface area contributed by atoms with Crippen LogP contribution in [0.5, 0.6) is 11.5 Å². The summed E-state index contributed by atoms with van der Waals surface area (Å²) in [5, 5.41) is 3.26. The number of sulfonamides is 1. The van der Waals surface area contributed by atoms with E-state index in [0.717, 1.165) is 12.8 Å². The van der Waals surface area contributed by atoms with E-state index >= 15 is 0 Å². The molecule has 1 amide bonds. The molecule has 0 bridgehead atoms. The molecule has 0 spiro atoms. The molecule has 0 unspecified atom stereocenters. The average Bonchev–Trinajstić information content (AvgIpc) is 3.25. The number of anilines is 1. The van der Waals surface area contributed by atoms with Crippen molar-refractivity contribution in [2.24, 2.45) is 0 Å². The third-order valence-corrected chi connectivity index (χ3v) is 6.77. The lowest BCUT2D eigenvalue weighted by molar-refractivity contribution is -0.122. The van der Waals surface area contributed by atoms with E-state index in [1.54, 1.807) is 31.2 Å². The van der Waals surface area contributed by atoms with Gasteiger partial charge in [-0.15, -0.1) is 0 Å². The molecule has 1 saturated heterocycles. The number of nitrogens with zero attached hydrogens (tertiary/aromatic N) is 1. The Morgan fingerprint density at radius 3 is 2.41 bits per heavy atom. The molecule has 1 atom stereocenters. The highest BCUT2D eigenvalue weighted by molar-refractivity contribution is 7.89. The highest BCUT2D eigenvalue weighted by atomic mass is 35.5. The molecule has 1 aliphatic heterocycles. The maximum absolute atomic E-state index is 12.8. The summed E-state index contributed by atoms with van der Waals surface area (Å²) in [7, 11) is -2.16. The van der Waals surface area contributed by atoms with Crippen molar-refractivity contribution in [2.75, 3.05) is 25.5 Å². The first-order valence-corrected chi connectivity index (χ1v) is 11.0. The fourth-order valence-electron chi connectivity index (χ4n) is 3.03. The first-order valence-electron chi connectivity index (χ1n) is 9.22. The Labute approximate surface area is 175 Å². The summed E-state index contributed by atoms with van der Waals surface area (Å²) < 4.78 is 38.0. The molecule has 2 aromatic rings. The van der Waals surface area contributed by atoms with Crippen molar-refractivity contribution in [1.82, 2.24) is 4.31 Å². The van der Waals surface area contributed by atoms with Gasteiger partial charge in [0.15, 0.2) is 6.10 Å². The number of methoxy groups -OCH3 is 1. The van der Waals surface area contributed by atoms with Gasteiger partial charge in [-0.2, -0.15) is 4.31 Å². The molecule has 0 saturated carbocycles. The lowest BCUT2D eigenvalue weighted by Crippen LogP contribution is -2.31. The van der Waals surface area contributed by atoms with Crippen molar-refractivity contribution in [3.63, 3.8) is 0 Å². The second-order valence-corrected chi connectivity index (χ2v) is 9.05. The molecule has 1 N–H and O–H groups in total. The fraction of sp³-hybridized carbons (Fsp3) is 0.350. The van der Waals surface area contributed by atoms with Crippen LogP contribution in [0.2, 0.25) is 5.02 Å². The van der Waals surface area contributed by atoms with Gasteiger partial charge in [0.1, 0.15) is 11.5 Å². The van der Waals surface area contributed by atoms with Gasteiger partial charge in [0.2, 0.25) is 10.0 Å². The van der Waals surface area contributed by atoms with Crippen LogP contribution in [0, 0.1) is 0 Å². The number of hydrogen-bond donors (Lipinski definition) is 1. The molecule has 1 fully saturated rings. The third-order valence-electron chi connectivity index (χ3n) is 4.63. The summed E-state index contributed by atoms with van der Waals surface area (Å²) >= 11 is 5.85. The zero-order valence-corrected chi connectivity index (χ0v) is 17.8. The van der Waals surface area contributed by atoms with Gasteiger partial charge in [-0.05, 0) is 62.2 Å². The molecule has 7 nitrogen and oxygen atoms in total. The van der Waals surface area contributed by atoms with Crippen LogP contribution < -0.4 is 14.8 Å². The Morgan fingerprint density at radius 2 is 1.79 bits per heavy atom. The predicted molar refractivity (Wildman–Crippen MR) is 111 cm³/mol. The van der Waals surface area contributed by atoms with Gasteiger partial charge in [0, 0.05) is 18.1 Å². The zero-order valence-electron chi connectivity index (χ0n) is 16.2. The van der Waals surface area contributed by atoms with Crippen molar-refractivity contribution in [1.29, 1.82) is 0 Å². The van der Waals surface area contributed by atoms with Gasteiger partial charge < -0.3 is 14.8 Å². The molecule has 0 aliphatic carbocycles. The minimum absolute atomic E-state index is 0.113. The standard InChI is InChI=1S/C20H23ClN2O5S/c1-14(28-16-7-5-15(21)6-8-16)20(24)22-18-13-17(9-10-19(18)27-2)29(25,26)23-11-3-4-12-23/h5-10,13-14H,3-4,11-12H2,1-2H3,(H,22,24)/t14-/m1/s1. The van der Waals surface area contributed by atoms with E-state index in [1.807, 2.05) is 0 Å². The largest absolute Gasteiger partial charge is 0.495 e. The number of amides is 1. The molecule has 2 aromatic carbocycles. The summed E-state index contributed by atoms with van der Waals surface area (Å²) in [6, 6.07) is 11.1. The summed E-state index contributed by atoms with van der Waals surface area (Å²) in [6.07, 6.45) is 0.872. The van der Waals surface area contributed by atoms with Gasteiger partial charge in [-0.1, -0.05) is 11.6 Å². The SMILES string of the molecule is COc1ccc(S(=O)(=O)N2CCCC2)cc1NC(=O)[C@@H](C)Oc1ccc(Cl)cc1. The first kappa shape index (κ1) is 21.4. The second kappa shape index (κ2) is 9.02. The molecule has 156 valence electrons. The Balaban J connectivity index is 1.78. The molecule has 1 heterocycles. The van der Waals surface area contributed by atoms with Crippen molar-refractivity contribution >= 4 is 33.2 Å². The van der Waals surface area contributed by atoms with E-state index in [2.05, 4.69) is 5.32 Å². The van der Waals surface area contributed by atoms with Crippen LogP contribution in [0.15, 0.2) is 47.4 Å². The smallest absolute Gasteiger partial charge is 0.265 e. The van der Waals surface area contributed by atoms with Gasteiger partial charge in [0.05, 0.1) is 17.7 Å². The Morgan fingerprint density at radius 1 is 1.14 bits per heavy atom. The second-order valence-electron chi connectivity index (χ2n) is 6.68. The van der Waals surface area contributed by atoms with E-state index in [-0.39, 0.29) is 10.6 Å². The molecule has 1 aliphatic rings. The average molecular weight is 439 g/mol. The van der Waals surface area contributed by atoms with Crippen LogP contribution in [0.25, 0.3) is 0 Å². The molecule has 9 heteroatoms. The molecule has 0 aromatic heterocycles. The van der Waals surface area contributed by atoms with E-state index in [4.69, 9.17) is 21.1 Å². The van der Waals surface area contributed by atoms with E-state index in [1.165, 1.54) is 29.6 Å². The van der Waals surface area contributed by atoms with E-state index < -0.39 is 22.0 Å². The van der Waals surface area contributed by atoms with Crippen LogP contribution >= 0.6 is 11.6 Å².